The molecule has 1 saturated carbocycles. The number of nitrogens with zero attached hydrogens (tertiary/aromatic N) is 3. The quantitative estimate of drug-likeness (QED) is 0.654. The van der Waals surface area contributed by atoms with E-state index in [0.717, 1.165) is 28.1 Å². The van der Waals surface area contributed by atoms with Gasteiger partial charge in [-0.3, -0.25) is 4.98 Å². The van der Waals surface area contributed by atoms with Crippen LogP contribution in [0.1, 0.15) is 35.8 Å². The smallest absolute Gasteiger partial charge is 0.136 e. The van der Waals surface area contributed by atoms with E-state index in [1.165, 1.54) is 12.8 Å². The lowest BCUT2D eigenvalue weighted by molar-refractivity contribution is 0.175. The molecule has 0 bridgehead atoms. The lowest BCUT2D eigenvalue weighted by atomic mass is 10.2. The molecule has 2 heterocycles. The molecule has 0 spiro atoms. The standard InChI is InChI=1S/C18H17Cl2N3O/c1-24-10-18-22-16-8-21-15(11-2-3-11)7-17(16)23(18)9-12-6-13(19)4-5-14(12)20/h4-8,11H,2-3,9-10H2,1H3. The van der Waals surface area contributed by atoms with Crippen molar-refractivity contribution in [1.82, 2.24) is 14.5 Å². The number of hydrogen-bond acceptors (Lipinski definition) is 3. The summed E-state index contributed by atoms with van der Waals surface area (Å²) >= 11 is 12.5. The van der Waals surface area contributed by atoms with E-state index in [1.54, 1.807) is 13.2 Å². The van der Waals surface area contributed by atoms with Gasteiger partial charge in [-0.1, -0.05) is 23.2 Å². The maximum atomic E-state index is 6.35. The van der Waals surface area contributed by atoms with Crippen molar-refractivity contribution in [3.8, 4) is 0 Å². The molecule has 1 aliphatic carbocycles. The van der Waals surface area contributed by atoms with E-state index in [0.29, 0.717) is 29.1 Å². The average Bonchev–Trinajstić information content (AvgIpc) is 3.36. The van der Waals surface area contributed by atoms with Gasteiger partial charge in [-0.15, -0.1) is 0 Å². The third-order valence-electron chi connectivity index (χ3n) is 4.34. The molecule has 4 nitrogen and oxygen atoms in total. The van der Waals surface area contributed by atoms with Gasteiger partial charge in [0.25, 0.3) is 0 Å². The van der Waals surface area contributed by atoms with Crippen LogP contribution in [0.3, 0.4) is 0 Å². The van der Waals surface area contributed by atoms with Gasteiger partial charge in [-0.05, 0) is 42.7 Å². The molecule has 0 amide bonds. The first-order valence-electron chi connectivity index (χ1n) is 7.93. The Kier molecular flexibility index (Phi) is 4.21. The predicted molar refractivity (Wildman–Crippen MR) is 95.8 cm³/mol. The van der Waals surface area contributed by atoms with E-state index in [4.69, 9.17) is 27.9 Å². The minimum atomic E-state index is 0.436. The first kappa shape index (κ1) is 15.9. The number of pyridine rings is 1. The first-order chi connectivity index (χ1) is 11.7. The van der Waals surface area contributed by atoms with Crippen molar-refractivity contribution in [2.75, 3.05) is 7.11 Å². The molecule has 0 atom stereocenters. The molecule has 2 aromatic heterocycles. The number of imidazole rings is 1. The molecule has 0 N–H and O–H groups in total. The zero-order valence-electron chi connectivity index (χ0n) is 13.3. The molecular weight excluding hydrogens is 345 g/mol. The van der Waals surface area contributed by atoms with Gasteiger partial charge in [0, 0.05) is 28.8 Å². The normalized spacial score (nSPS) is 14.5. The Morgan fingerprint density at radius 2 is 2.08 bits per heavy atom. The van der Waals surface area contributed by atoms with Gasteiger partial charge >= 0.3 is 0 Å². The minimum absolute atomic E-state index is 0.436. The molecule has 0 radical (unpaired) electrons. The number of hydrogen-bond donors (Lipinski definition) is 0. The molecule has 6 heteroatoms. The lowest BCUT2D eigenvalue weighted by Crippen LogP contribution is -2.07. The van der Waals surface area contributed by atoms with Crippen molar-refractivity contribution >= 4 is 34.2 Å². The zero-order chi connectivity index (χ0) is 16.7. The topological polar surface area (TPSA) is 39.9 Å². The van der Waals surface area contributed by atoms with Gasteiger partial charge < -0.3 is 9.30 Å². The van der Waals surface area contributed by atoms with Crippen molar-refractivity contribution in [3.05, 3.63) is 57.6 Å². The Morgan fingerprint density at radius 3 is 2.83 bits per heavy atom. The molecule has 1 aliphatic rings. The number of rotatable bonds is 5. The van der Waals surface area contributed by atoms with Crippen molar-refractivity contribution in [2.45, 2.75) is 31.9 Å². The van der Waals surface area contributed by atoms with Gasteiger partial charge in [0.05, 0.1) is 18.3 Å². The van der Waals surface area contributed by atoms with Crippen LogP contribution < -0.4 is 0 Å². The summed E-state index contributed by atoms with van der Waals surface area (Å²) in [5, 5.41) is 1.37. The Hall–Kier alpha value is -1.62. The Balaban J connectivity index is 1.82. The lowest BCUT2D eigenvalue weighted by Gasteiger charge is -2.11. The summed E-state index contributed by atoms with van der Waals surface area (Å²) < 4.78 is 7.46. The second-order valence-corrected chi connectivity index (χ2v) is 7.00. The summed E-state index contributed by atoms with van der Waals surface area (Å²) in [5.41, 5.74) is 4.05. The summed E-state index contributed by atoms with van der Waals surface area (Å²) in [7, 11) is 1.67. The van der Waals surface area contributed by atoms with Gasteiger partial charge in [-0.25, -0.2) is 4.98 Å². The van der Waals surface area contributed by atoms with Crippen molar-refractivity contribution in [1.29, 1.82) is 0 Å². The minimum Gasteiger partial charge on any atom is -0.377 e. The number of aromatic nitrogens is 3. The molecule has 0 unspecified atom stereocenters. The fourth-order valence-electron chi connectivity index (χ4n) is 2.95. The van der Waals surface area contributed by atoms with Crippen LogP contribution in [0.5, 0.6) is 0 Å². The molecule has 1 fully saturated rings. The van der Waals surface area contributed by atoms with E-state index in [2.05, 4.69) is 20.6 Å². The second kappa shape index (κ2) is 6.36. The fourth-order valence-corrected chi connectivity index (χ4v) is 3.32. The molecule has 4 rings (SSSR count). The maximum absolute atomic E-state index is 6.35. The highest BCUT2D eigenvalue weighted by molar-refractivity contribution is 6.33. The SMILES string of the molecule is COCc1nc2cnc(C3CC3)cc2n1Cc1cc(Cl)ccc1Cl. The number of methoxy groups -OCH3 is 1. The Labute approximate surface area is 150 Å². The Morgan fingerprint density at radius 1 is 1.25 bits per heavy atom. The largest absolute Gasteiger partial charge is 0.377 e. The van der Waals surface area contributed by atoms with Gasteiger partial charge in [-0.2, -0.15) is 0 Å². The van der Waals surface area contributed by atoms with Crippen molar-refractivity contribution in [2.24, 2.45) is 0 Å². The molecular formula is C18H17Cl2N3O. The molecule has 3 aromatic rings. The molecule has 0 aliphatic heterocycles. The summed E-state index contributed by atoms with van der Waals surface area (Å²) in [6, 6.07) is 7.67. The van der Waals surface area contributed by atoms with Crippen LogP contribution in [0.15, 0.2) is 30.5 Å². The maximum Gasteiger partial charge on any atom is 0.136 e. The average molecular weight is 362 g/mol. The molecule has 24 heavy (non-hydrogen) atoms. The second-order valence-electron chi connectivity index (χ2n) is 6.16. The fraction of sp³-hybridized carbons (Fsp3) is 0.333. The van der Waals surface area contributed by atoms with Gasteiger partial charge in [0.15, 0.2) is 0 Å². The van der Waals surface area contributed by atoms with Crippen LogP contribution in [0, 0.1) is 0 Å². The highest BCUT2D eigenvalue weighted by atomic mass is 35.5. The van der Waals surface area contributed by atoms with Crippen LogP contribution in [-0.2, 0) is 17.9 Å². The summed E-state index contributed by atoms with van der Waals surface area (Å²) in [6.07, 6.45) is 4.30. The summed E-state index contributed by atoms with van der Waals surface area (Å²) in [5.74, 6) is 1.46. The number of benzene rings is 1. The number of ether oxygens (including phenoxy) is 1. The molecule has 1 aromatic carbocycles. The van der Waals surface area contributed by atoms with Crippen LogP contribution >= 0.6 is 23.2 Å². The monoisotopic (exact) mass is 361 g/mol. The van der Waals surface area contributed by atoms with Crippen LogP contribution in [0.2, 0.25) is 10.0 Å². The summed E-state index contributed by atoms with van der Waals surface area (Å²) in [6.45, 7) is 1.04. The van der Waals surface area contributed by atoms with E-state index in [1.807, 2.05) is 18.3 Å². The van der Waals surface area contributed by atoms with E-state index >= 15 is 0 Å². The van der Waals surface area contributed by atoms with Crippen LogP contribution in [0.4, 0.5) is 0 Å². The van der Waals surface area contributed by atoms with E-state index < -0.39 is 0 Å². The molecule has 0 saturated heterocycles. The molecule has 124 valence electrons. The first-order valence-corrected chi connectivity index (χ1v) is 8.69. The zero-order valence-corrected chi connectivity index (χ0v) is 14.8. The third-order valence-corrected chi connectivity index (χ3v) is 4.94. The van der Waals surface area contributed by atoms with E-state index in [9.17, 15) is 0 Å². The van der Waals surface area contributed by atoms with Crippen LogP contribution in [0.25, 0.3) is 11.0 Å². The predicted octanol–water partition coefficient (Wildman–Crippen LogP) is 4.81. The highest BCUT2D eigenvalue weighted by Crippen LogP contribution is 2.39. The highest BCUT2D eigenvalue weighted by Gasteiger charge is 2.26. The van der Waals surface area contributed by atoms with E-state index in [-0.39, 0.29) is 0 Å². The van der Waals surface area contributed by atoms with Gasteiger partial charge in [0.2, 0.25) is 0 Å². The number of halogens is 2. The van der Waals surface area contributed by atoms with Crippen LogP contribution in [-0.4, -0.2) is 21.6 Å². The van der Waals surface area contributed by atoms with Crippen molar-refractivity contribution < 1.29 is 4.74 Å². The van der Waals surface area contributed by atoms with Gasteiger partial charge in [0.1, 0.15) is 17.9 Å². The Bertz CT molecular complexity index is 903. The summed E-state index contributed by atoms with van der Waals surface area (Å²) in [4.78, 5) is 9.23. The van der Waals surface area contributed by atoms with Crippen molar-refractivity contribution in [3.63, 3.8) is 0 Å². The third kappa shape index (κ3) is 3.02. The number of fused-ring (bicyclic) bond motifs is 1.